The predicted molar refractivity (Wildman–Crippen MR) is 60.2 cm³/mol. The largest absolute Gasteiger partial charge is 0.389 e. The molecule has 1 saturated carbocycles. The first kappa shape index (κ1) is 11.4. The van der Waals surface area contributed by atoms with Crippen molar-refractivity contribution in [2.24, 2.45) is 0 Å². The Morgan fingerprint density at radius 2 is 1.92 bits per heavy atom. The van der Waals surface area contributed by atoms with Gasteiger partial charge in [0.15, 0.2) is 0 Å². The summed E-state index contributed by atoms with van der Waals surface area (Å²) in [5.74, 6) is 0.946. The van der Waals surface area contributed by atoms with Gasteiger partial charge in [-0.25, -0.2) is 0 Å². The molecule has 2 heteroatoms. The van der Waals surface area contributed by atoms with Crippen LogP contribution in [0.4, 0.5) is 0 Å². The highest BCUT2D eigenvalue weighted by Crippen LogP contribution is 2.32. The number of rotatable bonds is 4. The monoisotopic (exact) mass is 202 g/mol. The molecule has 1 unspecified atom stereocenters. The quantitative estimate of drug-likeness (QED) is 0.755. The van der Waals surface area contributed by atoms with E-state index in [2.05, 4.69) is 13.8 Å². The maximum absolute atomic E-state index is 10.2. The molecule has 1 aliphatic carbocycles. The molecular weight excluding hydrogens is 180 g/mol. The van der Waals surface area contributed by atoms with Crippen LogP contribution in [-0.4, -0.2) is 21.7 Å². The molecule has 0 saturated heterocycles. The average molecular weight is 202 g/mol. The van der Waals surface area contributed by atoms with Gasteiger partial charge in [-0.1, -0.05) is 33.1 Å². The topological polar surface area (TPSA) is 20.2 Å². The highest BCUT2D eigenvalue weighted by molar-refractivity contribution is 7.99. The first-order chi connectivity index (χ1) is 6.16. The molecule has 1 aliphatic rings. The van der Waals surface area contributed by atoms with Gasteiger partial charge in [-0.3, -0.25) is 0 Å². The van der Waals surface area contributed by atoms with E-state index in [4.69, 9.17) is 0 Å². The van der Waals surface area contributed by atoms with Gasteiger partial charge in [-0.05, 0) is 19.3 Å². The highest BCUT2D eigenvalue weighted by atomic mass is 32.2. The Balaban J connectivity index is 2.24. The van der Waals surface area contributed by atoms with Crippen LogP contribution in [-0.2, 0) is 0 Å². The summed E-state index contributed by atoms with van der Waals surface area (Å²) >= 11 is 1.93. The predicted octanol–water partition coefficient (Wildman–Crippen LogP) is 3.21. The molecule has 13 heavy (non-hydrogen) atoms. The lowest BCUT2D eigenvalue weighted by Gasteiger charge is -2.32. The fourth-order valence-electron chi connectivity index (χ4n) is 1.77. The van der Waals surface area contributed by atoms with Gasteiger partial charge in [0, 0.05) is 11.0 Å². The molecule has 1 atom stereocenters. The van der Waals surface area contributed by atoms with Crippen LogP contribution < -0.4 is 0 Å². The molecule has 0 bridgehead atoms. The Labute approximate surface area is 86.3 Å². The van der Waals surface area contributed by atoms with Crippen molar-refractivity contribution in [1.82, 2.24) is 0 Å². The molecule has 0 spiro atoms. The average Bonchev–Trinajstić information content (AvgIpc) is 2.15. The van der Waals surface area contributed by atoms with Crippen molar-refractivity contribution in [3.8, 4) is 0 Å². The Kier molecular flexibility index (Phi) is 4.60. The van der Waals surface area contributed by atoms with Gasteiger partial charge in [0.05, 0.1) is 5.60 Å². The zero-order chi connectivity index (χ0) is 9.73. The standard InChI is InChI=1S/C11H22OS/c1-3-10(2)13-9-11(12)7-5-4-6-8-11/h10,12H,3-9H2,1-2H3. The summed E-state index contributed by atoms with van der Waals surface area (Å²) in [7, 11) is 0. The molecule has 0 aromatic rings. The van der Waals surface area contributed by atoms with Crippen molar-refractivity contribution in [3.63, 3.8) is 0 Å². The first-order valence-corrected chi connectivity index (χ1v) is 6.55. The van der Waals surface area contributed by atoms with E-state index in [1.54, 1.807) is 0 Å². The van der Waals surface area contributed by atoms with E-state index in [1.165, 1.54) is 25.7 Å². The van der Waals surface area contributed by atoms with Crippen LogP contribution in [0.15, 0.2) is 0 Å². The van der Waals surface area contributed by atoms with E-state index in [1.807, 2.05) is 11.8 Å². The van der Waals surface area contributed by atoms with Gasteiger partial charge < -0.3 is 5.11 Å². The third-order valence-corrected chi connectivity index (χ3v) is 4.60. The van der Waals surface area contributed by atoms with Crippen molar-refractivity contribution in [2.45, 2.75) is 63.2 Å². The zero-order valence-corrected chi connectivity index (χ0v) is 9.70. The number of hydrogen-bond donors (Lipinski definition) is 1. The van der Waals surface area contributed by atoms with Crippen LogP contribution in [0.3, 0.4) is 0 Å². The number of aliphatic hydroxyl groups is 1. The highest BCUT2D eigenvalue weighted by Gasteiger charge is 2.29. The smallest absolute Gasteiger partial charge is 0.0737 e. The molecule has 0 radical (unpaired) electrons. The van der Waals surface area contributed by atoms with E-state index in [9.17, 15) is 5.11 Å². The van der Waals surface area contributed by atoms with Gasteiger partial charge in [0.1, 0.15) is 0 Å². The lowest BCUT2D eigenvalue weighted by molar-refractivity contribution is 0.0272. The molecule has 0 amide bonds. The van der Waals surface area contributed by atoms with Gasteiger partial charge in [0.2, 0.25) is 0 Å². The van der Waals surface area contributed by atoms with Crippen molar-refractivity contribution in [3.05, 3.63) is 0 Å². The van der Waals surface area contributed by atoms with E-state index < -0.39 is 0 Å². The van der Waals surface area contributed by atoms with Gasteiger partial charge in [0.25, 0.3) is 0 Å². The summed E-state index contributed by atoms with van der Waals surface area (Å²) in [5, 5.41) is 10.9. The zero-order valence-electron chi connectivity index (χ0n) is 8.88. The Morgan fingerprint density at radius 1 is 1.31 bits per heavy atom. The molecule has 0 aromatic carbocycles. The molecular formula is C11H22OS. The Hall–Kier alpha value is 0.310. The maximum Gasteiger partial charge on any atom is 0.0737 e. The first-order valence-electron chi connectivity index (χ1n) is 5.50. The summed E-state index contributed by atoms with van der Waals surface area (Å²) in [6, 6.07) is 0. The van der Waals surface area contributed by atoms with Crippen LogP contribution in [0.25, 0.3) is 0 Å². The van der Waals surface area contributed by atoms with E-state index in [0.29, 0.717) is 5.25 Å². The summed E-state index contributed by atoms with van der Waals surface area (Å²) in [4.78, 5) is 0. The molecule has 1 fully saturated rings. The van der Waals surface area contributed by atoms with Crippen LogP contribution >= 0.6 is 11.8 Å². The minimum atomic E-state index is -0.327. The summed E-state index contributed by atoms with van der Waals surface area (Å²) < 4.78 is 0. The number of hydrogen-bond acceptors (Lipinski definition) is 2. The van der Waals surface area contributed by atoms with E-state index in [0.717, 1.165) is 18.6 Å². The Morgan fingerprint density at radius 3 is 2.46 bits per heavy atom. The molecule has 0 aliphatic heterocycles. The molecule has 1 rings (SSSR count). The molecule has 78 valence electrons. The van der Waals surface area contributed by atoms with Crippen molar-refractivity contribution < 1.29 is 5.11 Å². The van der Waals surface area contributed by atoms with Crippen molar-refractivity contribution >= 4 is 11.8 Å². The summed E-state index contributed by atoms with van der Waals surface area (Å²) in [6.07, 6.45) is 7.01. The van der Waals surface area contributed by atoms with Crippen LogP contribution in [0.5, 0.6) is 0 Å². The van der Waals surface area contributed by atoms with E-state index in [-0.39, 0.29) is 5.60 Å². The SMILES string of the molecule is CCC(C)SCC1(O)CCCCC1. The second-order valence-electron chi connectivity index (χ2n) is 4.31. The van der Waals surface area contributed by atoms with Crippen LogP contribution in [0, 0.1) is 0 Å². The molecule has 1 N–H and O–H groups in total. The van der Waals surface area contributed by atoms with Crippen LogP contribution in [0.1, 0.15) is 52.4 Å². The molecule has 0 aromatic heterocycles. The van der Waals surface area contributed by atoms with Gasteiger partial charge in [-0.15, -0.1) is 0 Å². The fourth-order valence-corrected chi connectivity index (χ4v) is 2.89. The molecule has 1 nitrogen and oxygen atoms in total. The third kappa shape index (κ3) is 3.90. The minimum absolute atomic E-state index is 0.327. The molecule has 0 heterocycles. The summed E-state index contributed by atoms with van der Waals surface area (Å²) in [5.41, 5.74) is -0.327. The minimum Gasteiger partial charge on any atom is -0.389 e. The normalized spacial score (nSPS) is 24.2. The second-order valence-corrected chi connectivity index (χ2v) is 5.74. The van der Waals surface area contributed by atoms with Gasteiger partial charge in [-0.2, -0.15) is 11.8 Å². The van der Waals surface area contributed by atoms with Gasteiger partial charge >= 0.3 is 0 Å². The van der Waals surface area contributed by atoms with Crippen molar-refractivity contribution in [2.75, 3.05) is 5.75 Å². The number of thioether (sulfide) groups is 1. The lowest BCUT2D eigenvalue weighted by Crippen LogP contribution is -2.34. The summed E-state index contributed by atoms with van der Waals surface area (Å²) in [6.45, 7) is 4.46. The fraction of sp³-hybridized carbons (Fsp3) is 1.00. The second kappa shape index (κ2) is 5.26. The maximum atomic E-state index is 10.2. The lowest BCUT2D eigenvalue weighted by atomic mass is 9.86. The third-order valence-electron chi connectivity index (χ3n) is 3.00. The van der Waals surface area contributed by atoms with Crippen molar-refractivity contribution in [1.29, 1.82) is 0 Å². The Bertz CT molecular complexity index is 141. The van der Waals surface area contributed by atoms with Crippen LogP contribution in [0.2, 0.25) is 0 Å². The van der Waals surface area contributed by atoms with E-state index >= 15 is 0 Å².